The van der Waals surface area contributed by atoms with Crippen molar-refractivity contribution < 1.29 is 23.9 Å². The molecule has 2 N–H and O–H groups in total. The van der Waals surface area contributed by atoms with Crippen LogP contribution < -0.4 is 5.32 Å². The molecule has 0 saturated carbocycles. The Kier molecular flexibility index (Phi) is 7.65. The maximum Gasteiger partial charge on any atom is 0.335 e. The molecule has 10 nitrogen and oxygen atoms in total. The average molecular weight is 561 g/mol. The SMILES string of the molecule is O=C(O)c1ccc(NC(=O)[C@@H]2C[C@H](c3ccccc3)CN2C(=O)/C=C/c2c(-n3cnnn3)ccc(Cl)c2F)cc1. The van der Waals surface area contributed by atoms with Crippen LogP contribution in [0.1, 0.15) is 33.8 Å². The smallest absolute Gasteiger partial charge is 0.335 e. The number of carbonyl (C=O) groups is 3. The van der Waals surface area contributed by atoms with E-state index in [1.54, 1.807) is 0 Å². The first-order valence-corrected chi connectivity index (χ1v) is 12.6. The number of aromatic nitrogens is 4. The first kappa shape index (κ1) is 26.7. The first-order valence-electron chi connectivity index (χ1n) is 12.2. The van der Waals surface area contributed by atoms with Crippen molar-refractivity contribution in [2.75, 3.05) is 11.9 Å². The Balaban J connectivity index is 1.42. The van der Waals surface area contributed by atoms with Gasteiger partial charge < -0.3 is 15.3 Å². The zero-order valence-electron chi connectivity index (χ0n) is 20.8. The molecular formula is C28H22ClFN6O4. The number of anilines is 1. The van der Waals surface area contributed by atoms with Gasteiger partial charge >= 0.3 is 5.97 Å². The molecule has 0 aliphatic carbocycles. The Morgan fingerprint density at radius 2 is 1.80 bits per heavy atom. The number of benzene rings is 3. The number of aromatic carboxylic acids is 1. The molecule has 0 bridgehead atoms. The molecule has 3 aromatic carbocycles. The summed E-state index contributed by atoms with van der Waals surface area (Å²) in [5.41, 5.74) is 1.74. The van der Waals surface area contributed by atoms with Crippen molar-refractivity contribution in [1.29, 1.82) is 0 Å². The molecule has 1 fully saturated rings. The molecule has 1 aliphatic heterocycles. The van der Waals surface area contributed by atoms with Crippen molar-refractivity contribution >= 4 is 41.1 Å². The van der Waals surface area contributed by atoms with Gasteiger partial charge in [0, 0.05) is 29.8 Å². The topological polar surface area (TPSA) is 130 Å². The van der Waals surface area contributed by atoms with Gasteiger partial charge in [0.15, 0.2) is 5.82 Å². The van der Waals surface area contributed by atoms with E-state index in [2.05, 4.69) is 20.8 Å². The Morgan fingerprint density at radius 3 is 2.48 bits per heavy atom. The summed E-state index contributed by atoms with van der Waals surface area (Å²) in [6.07, 6.45) is 4.13. The van der Waals surface area contributed by atoms with Gasteiger partial charge in [-0.3, -0.25) is 9.59 Å². The van der Waals surface area contributed by atoms with E-state index >= 15 is 0 Å². The minimum absolute atomic E-state index is 0.00600. The number of carboxylic acids is 1. The van der Waals surface area contributed by atoms with Gasteiger partial charge in [0.2, 0.25) is 11.8 Å². The minimum atomic E-state index is -1.08. The van der Waals surface area contributed by atoms with Crippen LogP contribution in [0, 0.1) is 5.82 Å². The van der Waals surface area contributed by atoms with Crippen molar-refractivity contribution in [3.63, 3.8) is 0 Å². The molecule has 40 heavy (non-hydrogen) atoms. The molecule has 2 heterocycles. The van der Waals surface area contributed by atoms with E-state index < -0.39 is 29.6 Å². The van der Waals surface area contributed by atoms with Crippen LogP contribution in [-0.2, 0) is 9.59 Å². The summed E-state index contributed by atoms with van der Waals surface area (Å²) in [6, 6.07) is 17.3. The molecule has 0 unspecified atom stereocenters. The summed E-state index contributed by atoms with van der Waals surface area (Å²) in [7, 11) is 0. The fourth-order valence-electron chi connectivity index (χ4n) is 4.65. The number of nitrogens with one attached hydrogen (secondary N) is 1. The van der Waals surface area contributed by atoms with Crippen molar-refractivity contribution in [2.45, 2.75) is 18.4 Å². The molecule has 202 valence electrons. The molecule has 0 radical (unpaired) electrons. The zero-order valence-corrected chi connectivity index (χ0v) is 21.6. The molecule has 2 amide bonds. The van der Waals surface area contributed by atoms with Crippen LogP contribution in [0.3, 0.4) is 0 Å². The molecule has 1 saturated heterocycles. The third-order valence-electron chi connectivity index (χ3n) is 6.66. The quantitative estimate of drug-likeness (QED) is 0.324. The third-order valence-corrected chi connectivity index (χ3v) is 6.95. The molecular weight excluding hydrogens is 539 g/mol. The second-order valence-corrected chi connectivity index (χ2v) is 9.51. The van der Waals surface area contributed by atoms with Crippen LogP contribution in [-0.4, -0.2) is 60.6 Å². The van der Waals surface area contributed by atoms with Gasteiger partial charge in [0.05, 0.1) is 16.3 Å². The Bertz CT molecular complexity index is 1580. The molecule has 5 rings (SSSR count). The number of carboxylic acid groups (broad SMARTS) is 1. The van der Waals surface area contributed by atoms with E-state index in [1.165, 1.54) is 64.5 Å². The van der Waals surface area contributed by atoms with Crippen molar-refractivity contribution in [1.82, 2.24) is 25.1 Å². The van der Waals surface area contributed by atoms with E-state index in [1.807, 2.05) is 30.3 Å². The highest BCUT2D eigenvalue weighted by Gasteiger charge is 2.39. The Morgan fingerprint density at radius 1 is 1.05 bits per heavy atom. The van der Waals surface area contributed by atoms with Gasteiger partial charge in [0.1, 0.15) is 12.4 Å². The van der Waals surface area contributed by atoms with Crippen LogP contribution in [0.25, 0.3) is 11.8 Å². The number of likely N-dealkylation sites (tertiary alicyclic amines) is 1. The van der Waals surface area contributed by atoms with Gasteiger partial charge in [0.25, 0.3) is 0 Å². The molecule has 0 spiro atoms. The van der Waals surface area contributed by atoms with Crippen LogP contribution in [0.15, 0.2) is 79.1 Å². The molecule has 1 aromatic heterocycles. The van der Waals surface area contributed by atoms with Crippen molar-refractivity contribution in [2.24, 2.45) is 0 Å². The fourth-order valence-corrected chi connectivity index (χ4v) is 4.82. The second kappa shape index (κ2) is 11.5. The van der Waals surface area contributed by atoms with E-state index in [-0.39, 0.29) is 34.3 Å². The second-order valence-electron chi connectivity index (χ2n) is 9.10. The lowest BCUT2D eigenvalue weighted by Crippen LogP contribution is -2.42. The number of hydrogen-bond donors (Lipinski definition) is 2. The molecule has 12 heteroatoms. The van der Waals surface area contributed by atoms with Crippen LogP contribution in [0.2, 0.25) is 5.02 Å². The number of hydrogen-bond acceptors (Lipinski definition) is 6. The summed E-state index contributed by atoms with van der Waals surface area (Å²) in [6.45, 7) is 0.265. The number of tetrazole rings is 1. The van der Waals surface area contributed by atoms with E-state index in [4.69, 9.17) is 16.7 Å². The van der Waals surface area contributed by atoms with E-state index in [9.17, 15) is 18.8 Å². The van der Waals surface area contributed by atoms with Gasteiger partial charge in [-0.05, 0) is 64.9 Å². The fraction of sp³-hybridized carbons (Fsp3) is 0.143. The van der Waals surface area contributed by atoms with Crippen LogP contribution >= 0.6 is 11.6 Å². The molecule has 4 aromatic rings. The highest BCUT2D eigenvalue weighted by molar-refractivity contribution is 6.31. The number of halogens is 2. The maximum absolute atomic E-state index is 15.0. The van der Waals surface area contributed by atoms with Crippen LogP contribution in [0.4, 0.5) is 10.1 Å². The monoisotopic (exact) mass is 560 g/mol. The number of rotatable bonds is 7. The van der Waals surface area contributed by atoms with Gasteiger partial charge in [-0.15, -0.1) is 5.10 Å². The number of amides is 2. The maximum atomic E-state index is 15.0. The lowest BCUT2D eigenvalue weighted by Gasteiger charge is -2.22. The first-order chi connectivity index (χ1) is 19.3. The average Bonchev–Trinajstić information content (AvgIpc) is 3.66. The summed E-state index contributed by atoms with van der Waals surface area (Å²) in [5, 5.41) is 22.7. The summed E-state index contributed by atoms with van der Waals surface area (Å²) in [4.78, 5) is 39.4. The van der Waals surface area contributed by atoms with Gasteiger partial charge in [-0.1, -0.05) is 41.9 Å². The van der Waals surface area contributed by atoms with Crippen molar-refractivity contribution in [3.8, 4) is 5.69 Å². The third kappa shape index (κ3) is 5.59. The number of nitrogens with zero attached hydrogens (tertiary/aromatic N) is 5. The molecule has 2 atom stereocenters. The summed E-state index contributed by atoms with van der Waals surface area (Å²) in [5.74, 6) is -2.86. The predicted octanol–water partition coefficient (Wildman–Crippen LogP) is 4.19. The lowest BCUT2D eigenvalue weighted by atomic mass is 9.96. The summed E-state index contributed by atoms with van der Waals surface area (Å²) < 4.78 is 16.2. The Hall–Kier alpha value is -4.90. The van der Waals surface area contributed by atoms with E-state index in [0.29, 0.717) is 12.1 Å². The number of carbonyl (C=O) groups excluding carboxylic acids is 2. The lowest BCUT2D eigenvalue weighted by molar-refractivity contribution is -0.132. The largest absolute Gasteiger partial charge is 0.478 e. The summed E-state index contributed by atoms with van der Waals surface area (Å²) >= 11 is 5.99. The van der Waals surface area contributed by atoms with E-state index in [0.717, 1.165) is 5.56 Å². The van der Waals surface area contributed by atoms with Crippen molar-refractivity contribution in [3.05, 3.63) is 107 Å². The highest BCUT2D eigenvalue weighted by Crippen LogP contribution is 2.33. The Labute approximate surface area is 232 Å². The highest BCUT2D eigenvalue weighted by atomic mass is 35.5. The van der Waals surface area contributed by atoms with Crippen LogP contribution in [0.5, 0.6) is 0 Å². The van der Waals surface area contributed by atoms with Gasteiger partial charge in [-0.2, -0.15) is 4.68 Å². The van der Waals surface area contributed by atoms with Gasteiger partial charge in [-0.25, -0.2) is 9.18 Å². The standard InChI is InChI=1S/C28H22ClFN6O4/c29-22-11-12-23(36-16-31-33-34-36)21(26(22)30)10-13-25(37)35-15-19(17-4-2-1-3-5-17)14-24(35)27(38)32-20-8-6-18(7-9-20)28(39)40/h1-13,16,19,24H,14-15H2,(H,32,38)(H,39,40)/b13-10+/t19-,24-/m0/s1. The predicted molar refractivity (Wildman–Crippen MR) is 144 cm³/mol. The normalized spacial score (nSPS) is 16.8. The minimum Gasteiger partial charge on any atom is -0.478 e. The zero-order chi connectivity index (χ0) is 28.2. The molecule has 1 aliphatic rings.